The minimum absolute atomic E-state index is 0.0567. The molecule has 0 bridgehead atoms. The highest BCUT2D eigenvalue weighted by molar-refractivity contribution is 6.33. The molecular weight excluding hydrogens is 217 g/mol. The Morgan fingerprint density at radius 1 is 1.46 bits per heavy atom. The van der Waals surface area contributed by atoms with Gasteiger partial charge < -0.3 is 5.43 Å². The molecule has 0 amide bonds. The number of nitrogens with zero attached hydrogens (tertiary/aromatic N) is 1. The molecule has 0 saturated carbocycles. The maximum atomic E-state index is 10.4. The van der Waals surface area contributed by atoms with Crippen molar-refractivity contribution in [1.82, 2.24) is 4.94 Å². The number of nitro groups is 1. The van der Waals surface area contributed by atoms with Gasteiger partial charge in [0.1, 0.15) is 0 Å². The number of nitrogens with one attached hydrogen (secondary N) is 2. The average Bonchev–Trinajstić information content (AvgIpc) is 2.08. The summed E-state index contributed by atoms with van der Waals surface area (Å²) >= 11 is 10.8. The smallest absolute Gasteiger partial charge is 0.271 e. The van der Waals surface area contributed by atoms with E-state index in [2.05, 4.69) is 10.4 Å². The van der Waals surface area contributed by atoms with Crippen LogP contribution in [0.25, 0.3) is 0 Å². The number of nitro benzene ring substituents is 1. The second-order valence-electron chi connectivity index (χ2n) is 2.14. The number of non-ortho nitro benzene ring substituents is 1. The van der Waals surface area contributed by atoms with Crippen molar-refractivity contribution in [1.29, 1.82) is 0 Å². The molecule has 0 aromatic heterocycles. The van der Waals surface area contributed by atoms with Crippen LogP contribution in [0.1, 0.15) is 0 Å². The molecule has 0 fully saturated rings. The molecule has 2 N–H and O–H groups in total. The van der Waals surface area contributed by atoms with Crippen LogP contribution in [0.5, 0.6) is 0 Å². The van der Waals surface area contributed by atoms with Crippen LogP contribution in [0.3, 0.4) is 0 Å². The minimum atomic E-state index is -0.518. The first-order valence-corrected chi connectivity index (χ1v) is 3.96. The molecule has 5 nitrogen and oxygen atoms in total. The summed E-state index contributed by atoms with van der Waals surface area (Å²) in [7, 11) is 0. The molecule has 1 rings (SSSR count). The lowest BCUT2D eigenvalue weighted by molar-refractivity contribution is -0.384. The number of rotatable bonds is 3. The largest absolute Gasteiger partial charge is 0.306 e. The Morgan fingerprint density at radius 3 is 2.69 bits per heavy atom. The molecule has 0 unspecified atom stereocenters. The Hall–Kier alpha value is -1.04. The minimum Gasteiger partial charge on any atom is -0.306 e. The zero-order valence-corrected chi connectivity index (χ0v) is 7.76. The van der Waals surface area contributed by atoms with E-state index in [4.69, 9.17) is 23.4 Å². The van der Waals surface area contributed by atoms with Gasteiger partial charge in [-0.1, -0.05) is 11.6 Å². The first-order valence-electron chi connectivity index (χ1n) is 3.20. The van der Waals surface area contributed by atoms with Crippen molar-refractivity contribution in [3.05, 3.63) is 33.3 Å². The molecular formula is C6H5Cl2N3O2. The third kappa shape index (κ3) is 2.45. The van der Waals surface area contributed by atoms with Crippen LogP contribution in [0.15, 0.2) is 18.2 Å². The molecule has 70 valence electrons. The second kappa shape index (κ2) is 4.27. The lowest BCUT2D eigenvalue weighted by Crippen LogP contribution is -2.09. The fraction of sp³-hybridized carbons (Fsp3) is 0. The van der Waals surface area contributed by atoms with Crippen molar-refractivity contribution in [2.45, 2.75) is 0 Å². The summed E-state index contributed by atoms with van der Waals surface area (Å²) in [5.74, 6) is 0. The molecule has 0 saturated heterocycles. The number of hydrazine groups is 1. The van der Waals surface area contributed by atoms with Gasteiger partial charge in [0.25, 0.3) is 5.69 Å². The van der Waals surface area contributed by atoms with E-state index in [9.17, 15) is 10.1 Å². The Kier molecular flexibility index (Phi) is 3.30. The molecule has 0 heterocycles. The highest BCUT2D eigenvalue weighted by Crippen LogP contribution is 2.25. The zero-order chi connectivity index (χ0) is 9.84. The molecule has 0 aliphatic carbocycles. The maximum Gasteiger partial charge on any atom is 0.271 e. The number of hydrogen-bond donors (Lipinski definition) is 2. The van der Waals surface area contributed by atoms with E-state index in [1.54, 1.807) is 0 Å². The lowest BCUT2D eigenvalue weighted by Gasteiger charge is -2.03. The SMILES string of the molecule is O=[N+]([O-])c1ccc(Cl)c(NNCl)c1. The molecule has 7 heteroatoms. The molecule has 0 aliphatic heterocycles. The predicted octanol–water partition coefficient (Wildman–Crippen LogP) is 2.32. The quantitative estimate of drug-likeness (QED) is 0.467. The van der Waals surface area contributed by atoms with E-state index < -0.39 is 4.92 Å². The Bertz CT molecular complexity index is 332. The summed E-state index contributed by atoms with van der Waals surface area (Å²) in [6, 6.07) is 4.00. The summed E-state index contributed by atoms with van der Waals surface area (Å²) in [5, 5.41) is 10.7. The summed E-state index contributed by atoms with van der Waals surface area (Å²) in [6.07, 6.45) is 0. The summed E-state index contributed by atoms with van der Waals surface area (Å²) in [4.78, 5) is 11.9. The van der Waals surface area contributed by atoms with Gasteiger partial charge in [-0.15, -0.1) is 4.94 Å². The van der Waals surface area contributed by atoms with E-state index in [1.165, 1.54) is 18.2 Å². The number of hydrogen-bond acceptors (Lipinski definition) is 4. The van der Waals surface area contributed by atoms with Crippen LogP contribution in [0, 0.1) is 10.1 Å². The van der Waals surface area contributed by atoms with Gasteiger partial charge in [0.2, 0.25) is 0 Å². The van der Waals surface area contributed by atoms with Crippen LogP contribution in [0.2, 0.25) is 5.02 Å². The van der Waals surface area contributed by atoms with Gasteiger partial charge in [-0.05, 0) is 17.8 Å². The van der Waals surface area contributed by atoms with Crippen molar-refractivity contribution in [2.75, 3.05) is 5.43 Å². The molecule has 0 radical (unpaired) electrons. The Morgan fingerprint density at radius 2 is 2.15 bits per heavy atom. The first kappa shape index (κ1) is 10.0. The van der Waals surface area contributed by atoms with Gasteiger partial charge in [-0.3, -0.25) is 10.1 Å². The van der Waals surface area contributed by atoms with E-state index in [0.29, 0.717) is 10.7 Å². The predicted molar refractivity (Wildman–Crippen MR) is 50.7 cm³/mol. The third-order valence-corrected chi connectivity index (χ3v) is 1.77. The van der Waals surface area contributed by atoms with Gasteiger partial charge in [-0.25, -0.2) is 0 Å². The van der Waals surface area contributed by atoms with Gasteiger partial charge in [0.05, 0.1) is 15.6 Å². The van der Waals surface area contributed by atoms with Crippen molar-refractivity contribution in [3.63, 3.8) is 0 Å². The van der Waals surface area contributed by atoms with Crippen molar-refractivity contribution < 1.29 is 4.92 Å². The van der Waals surface area contributed by atoms with Crippen LogP contribution >= 0.6 is 23.4 Å². The average molecular weight is 222 g/mol. The van der Waals surface area contributed by atoms with Crippen molar-refractivity contribution >= 4 is 34.8 Å². The molecule has 1 aromatic rings. The Balaban J connectivity index is 3.03. The van der Waals surface area contributed by atoms with E-state index in [0.717, 1.165) is 0 Å². The summed E-state index contributed by atoms with van der Waals surface area (Å²) in [6.45, 7) is 0. The fourth-order valence-corrected chi connectivity index (χ4v) is 1.04. The Labute approximate surface area is 83.9 Å². The number of halogens is 2. The number of anilines is 1. The highest BCUT2D eigenvalue weighted by atomic mass is 35.5. The van der Waals surface area contributed by atoms with Crippen LogP contribution < -0.4 is 10.4 Å². The van der Waals surface area contributed by atoms with Gasteiger partial charge >= 0.3 is 0 Å². The molecule has 0 atom stereocenters. The fourth-order valence-electron chi connectivity index (χ4n) is 0.774. The van der Waals surface area contributed by atoms with Gasteiger partial charge in [-0.2, -0.15) is 0 Å². The number of benzene rings is 1. The van der Waals surface area contributed by atoms with Crippen LogP contribution in [0.4, 0.5) is 11.4 Å². The second-order valence-corrected chi connectivity index (χ2v) is 2.74. The standard InChI is InChI=1S/C6H5Cl2N3O2/c7-5-2-1-4(11(12)13)3-6(5)9-10-8/h1-3,9-10H. The van der Waals surface area contributed by atoms with E-state index >= 15 is 0 Å². The molecule has 0 aliphatic rings. The van der Waals surface area contributed by atoms with Crippen molar-refractivity contribution in [2.24, 2.45) is 0 Å². The summed E-state index contributed by atoms with van der Waals surface area (Å²) in [5.41, 5.74) is 2.75. The van der Waals surface area contributed by atoms with E-state index in [1.807, 2.05) is 0 Å². The zero-order valence-electron chi connectivity index (χ0n) is 6.25. The van der Waals surface area contributed by atoms with Crippen LogP contribution in [-0.4, -0.2) is 4.92 Å². The van der Waals surface area contributed by atoms with Gasteiger partial charge in [0, 0.05) is 12.1 Å². The monoisotopic (exact) mass is 221 g/mol. The van der Waals surface area contributed by atoms with Crippen molar-refractivity contribution in [3.8, 4) is 0 Å². The molecule has 1 aromatic carbocycles. The maximum absolute atomic E-state index is 10.4. The summed E-state index contributed by atoms with van der Waals surface area (Å²) < 4.78 is 0. The third-order valence-electron chi connectivity index (χ3n) is 1.34. The van der Waals surface area contributed by atoms with Gasteiger partial charge in [0.15, 0.2) is 0 Å². The molecule has 13 heavy (non-hydrogen) atoms. The van der Waals surface area contributed by atoms with Crippen LogP contribution in [-0.2, 0) is 0 Å². The highest BCUT2D eigenvalue weighted by Gasteiger charge is 2.08. The molecule has 0 spiro atoms. The first-order chi connectivity index (χ1) is 6.15. The van der Waals surface area contributed by atoms with E-state index in [-0.39, 0.29) is 5.69 Å². The normalized spacial score (nSPS) is 9.69. The lowest BCUT2D eigenvalue weighted by atomic mass is 10.3. The topological polar surface area (TPSA) is 67.2 Å².